The van der Waals surface area contributed by atoms with Crippen molar-refractivity contribution in [3.8, 4) is 0 Å². The fraction of sp³-hybridized carbons (Fsp3) is 0.0312. The molecule has 1 unspecified atom stereocenters. The van der Waals surface area contributed by atoms with Crippen LogP contribution in [-0.2, 0) is 25.4 Å². The quantitative estimate of drug-likeness (QED) is 0.0886. The van der Waals surface area contributed by atoms with E-state index in [-0.39, 0.29) is 87.5 Å². The number of nitrogens with zero attached hydrogens (tertiary/aromatic N) is 6. The van der Waals surface area contributed by atoms with Crippen LogP contribution in [0.5, 0.6) is 0 Å². The second kappa shape index (κ2) is 9.61. The molecule has 0 aliphatic carbocycles. The van der Waals surface area contributed by atoms with Gasteiger partial charge in [0.15, 0.2) is 29.2 Å². The molecule has 9 rings (SSSR count). The number of halogens is 4. The number of fused-ring (bicyclic) bond motifs is 18. The molecule has 4 aliphatic rings. The topological polar surface area (TPSA) is 92.9 Å². The van der Waals surface area contributed by atoms with Gasteiger partial charge in [-0.05, 0) is 36.4 Å². The van der Waals surface area contributed by atoms with Gasteiger partial charge in [0.05, 0.1) is 0 Å². The van der Waals surface area contributed by atoms with Crippen molar-refractivity contribution in [1.82, 2.24) is 10.3 Å². The van der Waals surface area contributed by atoms with E-state index in [0.717, 1.165) is 12.1 Å². The summed E-state index contributed by atoms with van der Waals surface area (Å²) in [7, 11) is 0. The summed E-state index contributed by atoms with van der Waals surface area (Å²) in [6.45, 7) is 0. The average Bonchev–Trinajstić information content (AvgIpc) is 3.74. The first-order valence-corrected chi connectivity index (χ1v) is 13.6. The van der Waals surface area contributed by atoms with Crippen LogP contribution < -0.4 is 10.4 Å². The zero-order valence-electron chi connectivity index (χ0n) is 23.0. The molecule has 0 fully saturated rings. The largest absolute Gasteiger partial charge is 0.323 e. The van der Waals surface area contributed by atoms with Crippen molar-refractivity contribution in [2.24, 2.45) is 25.0 Å². The molecule has 1 atom stereocenters. The molecule has 8 nitrogen and oxygen atoms in total. The Bertz CT molecular complexity index is 2290. The first kappa shape index (κ1) is 27.3. The predicted octanol–water partition coefficient (Wildman–Crippen LogP) is 6.32. The summed E-state index contributed by atoms with van der Waals surface area (Å²) in [5.41, 5.74) is 2.11. The minimum Gasteiger partial charge on any atom is -0.323 e. The Labute approximate surface area is 264 Å². The van der Waals surface area contributed by atoms with Gasteiger partial charge in [0, 0.05) is 63.6 Å². The van der Waals surface area contributed by atoms with E-state index in [1.54, 1.807) is 36.4 Å². The summed E-state index contributed by atoms with van der Waals surface area (Å²) in [4.78, 5) is 25.7. The summed E-state index contributed by atoms with van der Waals surface area (Å²) >= 11 is 0. The van der Waals surface area contributed by atoms with E-state index < -0.39 is 17.6 Å². The number of alkyl halides is 1. The van der Waals surface area contributed by atoms with Gasteiger partial charge in [0.2, 0.25) is 0 Å². The molecule has 214 valence electrons. The Morgan fingerprint density at radius 3 is 2.13 bits per heavy atom. The maximum Gasteiger partial charge on any atom is 0.305 e. The number of aromatic nitrogens is 1. The van der Waals surface area contributed by atoms with Crippen molar-refractivity contribution >= 4 is 51.6 Å². The number of H-pyrrole nitrogens is 1. The minimum atomic E-state index is -2.58. The Hall–Kier alpha value is -5.29. The van der Waals surface area contributed by atoms with E-state index in [4.69, 9.17) is 9.98 Å². The van der Waals surface area contributed by atoms with Crippen LogP contribution in [0, 0.1) is 11.6 Å². The van der Waals surface area contributed by atoms with Crippen LogP contribution >= 0.6 is 0 Å². The Kier molecular flexibility index (Phi) is 5.82. The van der Waals surface area contributed by atoms with Crippen LogP contribution in [0.25, 0.3) is 10.8 Å². The molecule has 2 N–H and O–H groups in total. The van der Waals surface area contributed by atoms with Gasteiger partial charge >= 0.3 is 5.92 Å². The van der Waals surface area contributed by atoms with Gasteiger partial charge in [0.25, 0.3) is 0 Å². The molecule has 0 saturated carbocycles. The van der Waals surface area contributed by atoms with Gasteiger partial charge in [-0.15, -0.1) is 5.12 Å². The smallest absolute Gasteiger partial charge is 0.305 e. The predicted molar refractivity (Wildman–Crippen MR) is 159 cm³/mol. The molecule has 45 heavy (non-hydrogen) atoms. The fourth-order valence-corrected chi connectivity index (χ4v) is 5.94. The van der Waals surface area contributed by atoms with Gasteiger partial charge in [-0.2, -0.15) is 4.39 Å². The summed E-state index contributed by atoms with van der Waals surface area (Å²) in [5.74, 6) is -3.59. The van der Waals surface area contributed by atoms with Crippen LogP contribution in [0.2, 0.25) is 0 Å². The number of nitrogens with one attached hydrogen (secondary N) is 2. The molecule has 0 radical (unpaired) electrons. The van der Waals surface area contributed by atoms with Gasteiger partial charge in [-0.25, -0.2) is 33.7 Å². The first-order valence-electron chi connectivity index (χ1n) is 13.6. The number of hydrogen-bond acceptors (Lipinski definition) is 7. The molecule has 1 aromatic heterocycles. The van der Waals surface area contributed by atoms with Crippen LogP contribution in [0.3, 0.4) is 0 Å². The Balaban J connectivity index is 0.00000300. The van der Waals surface area contributed by atoms with Gasteiger partial charge in [-0.3, -0.25) is 0 Å². The van der Waals surface area contributed by atoms with Crippen LogP contribution in [0.15, 0.2) is 110 Å². The summed E-state index contributed by atoms with van der Waals surface area (Å²) < 4.78 is 62.5. The zero-order chi connectivity index (χ0) is 29.7. The van der Waals surface area contributed by atoms with Crippen molar-refractivity contribution in [3.63, 3.8) is 0 Å². The third-order valence-corrected chi connectivity index (χ3v) is 7.93. The van der Waals surface area contributed by atoms with Crippen LogP contribution in [0.4, 0.5) is 29.3 Å². The van der Waals surface area contributed by atoms with Crippen molar-refractivity contribution in [2.75, 3.05) is 5.12 Å². The standard InChI is InChI=1S/C32H16F4N8.Zn/c33-15-9-11-19-22(13-15)27-38-25-17-5-1-2-6-18(17)26(37-25)39-28-21-7-3-4-8-24(21)32(35,42-28)43-29-23-14-16(34)10-12-20(23)31(41-29)44(36)30(19)40-27;/h1-14,40H,(H,37,38,39,42);/b43-29-;. The molecule has 4 aromatic carbocycles. The van der Waals surface area contributed by atoms with E-state index in [1.165, 1.54) is 24.3 Å². The number of benzene rings is 4. The first-order chi connectivity index (χ1) is 21.4. The molecular weight excluding hydrogens is 638 g/mol. The van der Waals surface area contributed by atoms with Crippen LogP contribution in [-0.4, -0.2) is 34.2 Å². The Morgan fingerprint density at radius 1 is 0.644 bits per heavy atom. The van der Waals surface area contributed by atoms with E-state index in [9.17, 15) is 8.78 Å². The van der Waals surface area contributed by atoms with E-state index in [0.29, 0.717) is 22.1 Å². The third-order valence-electron chi connectivity index (χ3n) is 7.93. The SMILES string of the molecule is Fc1ccc2c(c1)/C1=N/C3(F)N\C(=N/C4=N\C(=N/c5[nH]c(c6ccc(F)cc56)N(F)C2=N1)c1ccccc14)c1ccccc13.[Zn]. The Morgan fingerprint density at radius 2 is 1.33 bits per heavy atom. The molecular formula is C32H16F4N8Zn. The van der Waals surface area contributed by atoms with E-state index in [1.807, 2.05) is 12.1 Å². The molecule has 5 aromatic rings. The molecule has 5 heterocycles. The maximum atomic E-state index is 17.0. The van der Waals surface area contributed by atoms with Crippen molar-refractivity contribution in [3.05, 3.63) is 130 Å². The summed E-state index contributed by atoms with van der Waals surface area (Å²) in [6.07, 6.45) is 0. The molecule has 0 saturated heterocycles. The van der Waals surface area contributed by atoms with Crippen molar-refractivity contribution in [1.29, 1.82) is 0 Å². The second-order valence-electron chi connectivity index (χ2n) is 10.5. The van der Waals surface area contributed by atoms with E-state index in [2.05, 4.69) is 25.3 Å². The van der Waals surface area contributed by atoms with E-state index >= 15 is 8.87 Å². The third kappa shape index (κ3) is 3.97. The summed E-state index contributed by atoms with van der Waals surface area (Å²) in [5, 5.41) is 3.59. The molecule has 0 amide bonds. The van der Waals surface area contributed by atoms with Gasteiger partial charge in [0.1, 0.15) is 23.3 Å². The number of aliphatic imine (C=N–C) groups is 5. The zero-order valence-corrected chi connectivity index (χ0v) is 26.0. The molecule has 0 spiro atoms. The number of anilines is 1. The molecule has 13 heteroatoms. The monoisotopic (exact) mass is 652 g/mol. The molecule has 8 bridgehead atoms. The van der Waals surface area contributed by atoms with Crippen LogP contribution in [0.1, 0.15) is 33.4 Å². The van der Waals surface area contributed by atoms with Gasteiger partial charge in [-0.1, -0.05) is 53.0 Å². The molecule has 4 aliphatic heterocycles. The maximum absolute atomic E-state index is 17.0. The summed E-state index contributed by atoms with van der Waals surface area (Å²) in [6, 6.07) is 21.3. The normalized spacial score (nSPS) is 22.4. The number of amidine groups is 5. The second-order valence-corrected chi connectivity index (χ2v) is 10.5. The number of rotatable bonds is 0. The number of hydrogen-bond donors (Lipinski definition) is 2. The van der Waals surface area contributed by atoms with Crippen molar-refractivity contribution < 1.29 is 37.1 Å². The van der Waals surface area contributed by atoms with Crippen molar-refractivity contribution in [2.45, 2.75) is 5.92 Å². The average molecular weight is 654 g/mol. The number of aromatic amines is 1. The van der Waals surface area contributed by atoms with Gasteiger partial charge < -0.3 is 10.3 Å². The fourth-order valence-electron chi connectivity index (χ4n) is 5.94. The minimum absolute atomic E-state index is 0.